The maximum Gasteiger partial charge on any atom is 0.147 e. The SMILES string of the molecule is CN1CCN(Cc2ccc(C3Cc4ncnc(Nc5cccc(O)c5)c4S3)s2)CC1. The van der Waals surface area contributed by atoms with Crippen molar-refractivity contribution in [2.45, 2.75) is 23.1 Å². The van der Waals surface area contributed by atoms with Gasteiger partial charge >= 0.3 is 0 Å². The summed E-state index contributed by atoms with van der Waals surface area (Å²) in [6.07, 6.45) is 2.55. The Hall–Kier alpha value is -2.13. The molecule has 1 saturated heterocycles. The molecular formula is C22H25N5OS2. The molecule has 6 nitrogen and oxygen atoms in total. The zero-order chi connectivity index (χ0) is 20.5. The number of hydrogen-bond acceptors (Lipinski definition) is 8. The van der Waals surface area contributed by atoms with E-state index in [2.05, 4.69) is 44.3 Å². The van der Waals surface area contributed by atoms with Crippen molar-refractivity contribution in [3.05, 3.63) is 58.2 Å². The van der Waals surface area contributed by atoms with Crippen molar-refractivity contribution < 1.29 is 5.11 Å². The number of anilines is 2. The third-order valence-electron chi connectivity index (χ3n) is 5.60. The summed E-state index contributed by atoms with van der Waals surface area (Å²) >= 11 is 3.77. The van der Waals surface area contributed by atoms with Gasteiger partial charge in [0.15, 0.2) is 0 Å². The van der Waals surface area contributed by atoms with Crippen LogP contribution in [0.25, 0.3) is 0 Å². The second kappa shape index (κ2) is 8.55. The third kappa shape index (κ3) is 4.32. The maximum absolute atomic E-state index is 9.73. The maximum atomic E-state index is 9.73. The highest BCUT2D eigenvalue weighted by Crippen LogP contribution is 2.50. The van der Waals surface area contributed by atoms with E-state index in [4.69, 9.17) is 0 Å². The van der Waals surface area contributed by atoms with Crippen LogP contribution < -0.4 is 5.32 Å². The van der Waals surface area contributed by atoms with Gasteiger partial charge < -0.3 is 15.3 Å². The van der Waals surface area contributed by atoms with Crippen molar-refractivity contribution in [3.63, 3.8) is 0 Å². The molecule has 5 rings (SSSR count). The molecule has 8 heteroatoms. The lowest BCUT2D eigenvalue weighted by molar-refractivity contribution is 0.149. The van der Waals surface area contributed by atoms with Crippen molar-refractivity contribution in [2.24, 2.45) is 0 Å². The van der Waals surface area contributed by atoms with Gasteiger partial charge in [-0.15, -0.1) is 23.1 Å². The van der Waals surface area contributed by atoms with Crippen LogP contribution in [0.3, 0.4) is 0 Å². The van der Waals surface area contributed by atoms with E-state index in [-0.39, 0.29) is 5.75 Å². The number of rotatable bonds is 5. The Morgan fingerprint density at radius 2 is 2.00 bits per heavy atom. The van der Waals surface area contributed by atoms with Crippen LogP contribution in [0.1, 0.15) is 20.7 Å². The molecular weight excluding hydrogens is 414 g/mol. The van der Waals surface area contributed by atoms with E-state index < -0.39 is 0 Å². The molecule has 2 aliphatic heterocycles. The molecule has 0 aliphatic carbocycles. The average molecular weight is 440 g/mol. The fourth-order valence-electron chi connectivity index (χ4n) is 3.89. The average Bonchev–Trinajstić information content (AvgIpc) is 3.37. The highest BCUT2D eigenvalue weighted by atomic mass is 32.2. The zero-order valence-corrected chi connectivity index (χ0v) is 18.5. The Labute approximate surface area is 185 Å². The lowest BCUT2D eigenvalue weighted by Gasteiger charge is -2.31. The minimum absolute atomic E-state index is 0.239. The molecule has 1 unspecified atom stereocenters. The van der Waals surface area contributed by atoms with Gasteiger partial charge in [0, 0.05) is 65.9 Å². The Kier molecular flexibility index (Phi) is 5.64. The first-order valence-corrected chi connectivity index (χ1v) is 11.9. The van der Waals surface area contributed by atoms with Crippen molar-refractivity contribution in [2.75, 3.05) is 38.5 Å². The molecule has 30 heavy (non-hydrogen) atoms. The van der Waals surface area contributed by atoms with Gasteiger partial charge in [0.05, 0.1) is 10.6 Å². The van der Waals surface area contributed by atoms with Gasteiger partial charge in [-0.1, -0.05) is 6.07 Å². The highest BCUT2D eigenvalue weighted by molar-refractivity contribution is 8.00. The lowest BCUT2D eigenvalue weighted by atomic mass is 10.2. The fourth-order valence-corrected chi connectivity index (χ4v) is 6.42. The van der Waals surface area contributed by atoms with Gasteiger partial charge in [0.2, 0.25) is 0 Å². The minimum atomic E-state index is 0.239. The van der Waals surface area contributed by atoms with E-state index in [1.807, 2.05) is 35.2 Å². The van der Waals surface area contributed by atoms with Crippen LogP contribution in [-0.2, 0) is 13.0 Å². The number of piperazine rings is 1. The second-order valence-corrected chi connectivity index (χ2v) is 10.3. The summed E-state index contributed by atoms with van der Waals surface area (Å²) in [7, 11) is 2.20. The number of likely N-dealkylation sites (N-methyl/N-ethyl adjacent to an activating group) is 1. The van der Waals surface area contributed by atoms with Crippen LogP contribution in [-0.4, -0.2) is 58.1 Å². The van der Waals surface area contributed by atoms with Crippen molar-refractivity contribution in [1.82, 2.24) is 19.8 Å². The minimum Gasteiger partial charge on any atom is -0.508 e. The standard InChI is InChI=1S/C22H25N5OS2/c1-26-7-9-27(10-8-26)13-17-5-6-19(29-17)20-12-18-21(30-20)22(24-14-23-18)25-15-3-2-4-16(28)11-15/h2-6,11,14,20,28H,7-10,12-13H2,1H3,(H,23,24,25). The van der Waals surface area contributed by atoms with Crippen LogP contribution in [0.4, 0.5) is 11.5 Å². The molecule has 1 fully saturated rings. The van der Waals surface area contributed by atoms with E-state index in [0.717, 1.165) is 61.2 Å². The van der Waals surface area contributed by atoms with E-state index in [9.17, 15) is 5.11 Å². The van der Waals surface area contributed by atoms with Gasteiger partial charge in [0.25, 0.3) is 0 Å². The molecule has 156 valence electrons. The predicted molar refractivity (Wildman–Crippen MR) is 123 cm³/mol. The van der Waals surface area contributed by atoms with Crippen molar-refractivity contribution >= 4 is 34.6 Å². The first kappa shape index (κ1) is 19.8. The van der Waals surface area contributed by atoms with Crippen LogP contribution in [0.15, 0.2) is 47.6 Å². The number of fused-ring (bicyclic) bond motifs is 1. The molecule has 0 spiro atoms. The first-order valence-electron chi connectivity index (χ1n) is 10.2. The van der Waals surface area contributed by atoms with Crippen LogP contribution in [0.2, 0.25) is 0 Å². The number of thioether (sulfide) groups is 1. The number of aromatic nitrogens is 2. The molecule has 1 aromatic carbocycles. The molecule has 0 amide bonds. The molecule has 1 atom stereocenters. The van der Waals surface area contributed by atoms with Gasteiger partial charge in [-0.2, -0.15) is 0 Å². The van der Waals surface area contributed by atoms with Crippen molar-refractivity contribution in [1.29, 1.82) is 0 Å². The molecule has 2 N–H and O–H groups in total. The largest absolute Gasteiger partial charge is 0.508 e. The Balaban J connectivity index is 1.28. The molecule has 4 heterocycles. The number of hydrogen-bond donors (Lipinski definition) is 2. The summed E-state index contributed by atoms with van der Waals surface area (Å²) < 4.78 is 0. The normalized spacial score (nSPS) is 19.7. The van der Waals surface area contributed by atoms with E-state index >= 15 is 0 Å². The van der Waals surface area contributed by atoms with Gasteiger partial charge in [-0.3, -0.25) is 4.90 Å². The second-order valence-electron chi connectivity index (χ2n) is 7.87. The summed E-state index contributed by atoms with van der Waals surface area (Å²) in [6, 6.07) is 11.7. The third-order valence-corrected chi connectivity index (χ3v) is 8.30. The van der Waals surface area contributed by atoms with Gasteiger partial charge in [-0.05, 0) is 31.3 Å². The summed E-state index contributed by atoms with van der Waals surface area (Å²) in [5, 5.41) is 13.4. The monoisotopic (exact) mass is 439 g/mol. The van der Waals surface area contributed by atoms with Crippen LogP contribution >= 0.6 is 23.1 Å². The van der Waals surface area contributed by atoms with E-state index in [1.165, 1.54) is 9.75 Å². The predicted octanol–water partition coefficient (Wildman–Crippen LogP) is 4.12. The molecule has 0 radical (unpaired) electrons. The first-order chi connectivity index (χ1) is 14.6. The summed E-state index contributed by atoms with van der Waals surface area (Å²) in [4.78, 5) is 17.9. The Morgan fingerprint density at radius 3 is 2.83 bits per heavy atom. The summed E-state index contributed by atoms with van der Waals surface area (Å²) in [6.45, 7) is 5.65. The molecule has 3 aromatic rings. The molecule has 0 bridgehead atoms. The highest BCUT2D eigenvalue weighted by Gasteiger charge is 2.29. The van der Waals surface area contributed by atoms with Crippen molar-refractivity contribution in [3.8, 4) is 5.75 Å². The zero-order valence-electron chi connectivity index (χ0n) is 16.9. The number of nitrogens with zero attached hydrogens (tertiary/aromatic N) is 4. The number of thiophene rings is 1. The number of benzene rings is 1. The van der Waals surface area contributed by atoms with Crippen LogP contribution in [0.5, 0.6) is 5.75 Å². The van der Waals surface area contributed by atoms with E-state index in [1.54, 1.807) is 18.5 Å². The number of phenolic OH excluding ortho intramolecular Hbond substituents is 1. The topological polar surface area (TPSA) is 64.5 Å². The van der Waals surface area contributed by atoms with Gasteiger partial charge in [0.1, 0.15) is 17.9 Å². The summed E-state index contributed by atoms with van der Waals surface area (Å²) in [5.41, 5.74) is 1.92. The van der Waals surface area contributed by atoms with Crippen LogP contribution in [0, 0.1) is 0 Å². The van der Waals surface area contributed by atoms with E-state index in [0.29, 0.717) is 5.25 Å². The molecule has 2 aromatic heterocycles. The number of nitrogens with one attached hydrogen (secondary N) is 1. The Bertz CT molecular complexity index is 1030. The lowest BCUT2D eigenvalue weighted by Crippen LogP contribution is -2.43. The molecule has 0 saturated carbocycles. The molecule has 2 aliphatic rings. The smallest absolute Gasteiger partial charge is 0.147 e. The Morgan fingerprint density at radius 1 is 1.13 bits per heavy atom. The summed E-state index contributed by atoms with van der Waals surface area (Å²) in [5.74, 6) is 1.05. The number of aromatic hydroxyl groups is 1. The van der Waals surface area contributed by atoms with Gasteiger partial charge in [-0.25, -0.2) is 9.97 Å². The fraction of sp³-hybridized carbons (Fsp3) is 0.364. The quantitative estimate of drug-likeness (QED) is 0.620. The number of phenols is 1.